The fourth-order valence-electron chi connectivity index (χ4n) is 4.49. The first kappa shape index (κ1) is 17.4. The lowest BCUT2D eigenvalue weighted by Gasteiger charge is -2.31. The molecule has 3 aliphatic rings. The highest BCUT2D eigenvalue weighted by atomic mass is 32.2. The number of hydrogen-bond donors (Lipinski definition) is 1. The topological polar surface area (TPSA) is 77.9 Å². The second-order valence-corrected chi connectivity index (χ2v) is 8.97. The van der Waals surface area contributed by atoms with Gasteiger partial charge >= 0.3 is 5.97 Å². The van der Waals surface area contributed by atoms with E-state index >= 15 is 0 Å². The summed E-state index contributed by atoms with van der Waals surface area (Å²) in [6.45, 7) is 2.61. The van der Waals surface area contributed by atoms with Crippen LogP contribution in [0.1, 0.15) is 31.2 Å². The summed E-state index contributed by atoms with van der Waals surface area (Å²) >= 11 is 1.66. The summed E-state index contributed by atoms with van der Waals surface area (Å²) in [6, 6.07) is 9.04. The van der Waals surface area contributed by atoms with Crippen LogP contribution in [0, 0.1) is 5.92 Å². The Morgan fingerprint density at radius 2 is 1.96 bits per heavy atom. The molecule has 3 fully saturated rings. The predicted molar refractivity (Wildman–Crippen MR) is 97.6 cm³/mol. The Balaban J connectivity index is 1.56. The number of carbonyl (C=O) groups is 3. The first-order valence-corrected chi connectivity index (χ1v) is 9.92. The highest BCUT2D eigenvalue weighted by Gasteiger charge is 2.54. The van der Waals surface area contributed by atoms with Crippen molar-refractivity contribution in [1.29, 1.82) is 0 Å². The van der Waals surface area contributed by atoms with E-state index in [0.717, 1.165) is 12.0 Å². The van der Waals surface area contributed by atoms with Gasteiger partial charge in [-0.1, -0.05) is 30.3 Å². The van der Waals surface area contributed by atoms with E-state index in [1.54, 1.807) is 21.6 Å². The first-order chi connectivity index (χ1) is 12.4. The molecule has 4 atom stereocenters. The molecule has 26 heavy (non-hydrogen) atoms. The molecule has 0 aromatic heterocycles. The van der Waals surface area contributed by atoms with Crippen LogP contribution in [-0.2, 0) is 14.4 Å². The Bertz CT molecular complexity index is 755. The number of benzene rings is 1. The molecule has 0 bridgehead atoms. The Hall–Kier alpha value is -2.02. The van der Waals surface area contributed by atoms with Gasteiger partial charge in [0.25, 0.3) is 0 Å². The Labute approximate surface area is 156 Å². The van der Waals surface area contributed by atoms with E-state index < -0.39 is 17.9 Å². The van der Waals surface area contributed by atoms with Crippen LogP contribution in [0.5, 0.6) is 0 Å². The van der Waals surface area contributed by atoms with Gasteiger partial charge in [-0.3, -0.25) is 14.4 Å². The third-order valence-corrected chi connectivity index (χ3v) is 7.41. The normalized spacial score (nSPS) is 33.6. The van der Waals surface area contributed by atoms with Gasteiger partial charge in [-0.25, -0.2) is 0 Å². The predicted octanol–water partition coefficient (Wildman–Crippen LogP) is 1.77. The fourth-order valence-corrected chi connectivity index (χ4v) is 5.91. The lowest BCUT2D eigenvalue weighted by atomic mass is 9.89. The van der Waals surface area contributed by atoms with Crippen LogP contribution < -0.4 is 0 Å². The molecule has 3 saturated heterocycles. The minimum Gasteiger partial charge on any atom is -0.481 e. The number of aliphatic carboxylic acids is 1. The average Bonchev–Trinajstić information content (AvgIpc) is 3.29. The van der Waals surface area contributed by atoms with Gasteiger partial charge in [-0.15, -0.1) is 11.8 Å². The second-order valence-electron chi connectivity index (χ2n) is 7.47. The third kappa shape index (κ3) is 2.69. The van der Waals surface area contributed by atoms with Crippen LogP contribution >= 0.6 is 11.8 Å². The summed E-state index contributed by atoms with van der Waals surface area (Å²) in [5.74, 6) is -1.20. The van der Waals surface area contributed by atoms with Crippen LogP contribution in [-0.4, -0.2) is 62.4 Å². The molecule has 6 nitrogen and oxygen atoms in total. The Kier molecular flexibility index (Phi) is 4.22. The molecule has 0 saturated carbocycles. The van der Waals surface area contributed by atoms with Crippen molar-refractivity contribution in [3.63, 3.8) is 0 Å². The highest BCUT2D eigenvalue weighted by molar-refractivity contribution is 8.01. The molecule has 1 aromatic carbocycles. The number of carboxylic acids is 1. The monoisotopic (exact) mass is 374 g/mol. The molecule has 138 valence electrons. The zero-order chi connectivity index (χ0) is 18.5. The van der Waals surface area contributed by atoms with Crippen molar-refractivity contribution in [3.8, 4) is 0 Å². The van der Waals surface area contributed by atoms with Crippen molar-refractivity contribution in [2.45, 2.75) is 36.6 Å². The van der Waals surface area contributed by atoms with Gasteiger partial charge in [0.1, 0.15) is 6.04 Å². The largest absolute Gasteiger partial charge is 0.481 e. The molecular weight excluding hydrogens is 352 g/mol. The zero-order valence-electron chi connectivity index (χ0n) is 14.6. The maximum Gasteiger partial charge on any atom is 0.308 e. The summed E-state index contributed by atoms with van der Waals surface area (Å²) in [5.41, 5.74) is 0.943. The number of thioether (sulfide) groups is 1. The standard InChI is InChI=1S/C19H22N2O4S/c1-19-8-7-16(22)21(19)15(11-26-19)17(23)20-9-13(14(10-20)18(24)25)12-5-3-2-4-6-12/h2-6,13-15H,7-11H2,1H3,(H,24,25). The summed E-state index contributed by atoms with van der Waals surface area (Å²) in [6.07, 6.45) is 1.25. The minimum absolute atomic E-state index is 0.0319. The molecule has 4 rings (SSSR count). The maximum atomic E-state index is 13.1. The van der Waals surface area contributed by atoms with Crippen molar-refractivity contribution in [3.05, 3.63) is 35.9 Å². The van der Waals surface area contributed by atoms with Gasteiger partial charge in [0, 0.05) is 31.2 Å². The van der Waals surface area contributed by atoms with E-state index in [-0.39, 0.29) is 29.1 Å². The van der Waals surface area contributed by atoms with Crippen molar-refractivity contribution < 1.29 is 19.5 Å². The maximum absolute atomic E-state index is 13.1. The average molecular weight is 374 g/mol. The molecule has 2 amide bonds. The van der Waals surface area contributed by atoms with Crippen molar-refractivity contribution in [2.75, 3.05) is 18.8 Å². The quantitative estimate of drug-likeness (QED) is 0.872. The van der Waals surface area contributed by atoms with Gasteiger partial charge in [-0.2, -0.15) is 0 Å². The van der Waals surface area contributed by atoms with E-state index in [4.69, 9.17) is 0 Å². The number of amides is 2. The number of nitrogens with zero attached hydrogens (tertiary/aromatic N) is 2. The molecule has 3 heterocycles. The van der Waals surface area contributed by atoms with E-state index in [0.29, 0.717) is 18.7 Å². The molecule has 0 radical (unpaired) electrons. The molecule has 1 aromatic rings. The number of rotatable bonds is 3. The highest BCUT2D eigenvalue weighted by Crippen LogP contribution is 2.48. The summed E-state index contributed by atoms with van der Waals surface area (Å²) in [4.78, 5) is 40.3. The first-order valence-electron chi connectivity index (χ1n) is 8.93. The molecule has 0 spiro atoms. The third-order valence-electron chi connectivity index (χ3n) is 5.91. The number of fused-ring (bicyclic) bond motifs is 1. The number of carbonyl (C=O) groups excluding carboxylic acids is 2. The Morgan fingerprint density at radius 1 is 1.23 bits per heavy atom. The van der Waals surface area contributed by atoms with Gasteiger partial charge in [0.2, 0.25) is 11.8 Å². The van der Waals surface area contributed by atoms with Crippen molar-refractivity contribution in [2.24, 2.45) is 5.92 Å². The summed E-state index contributed by atoms with van der Waals surface area (Å²) < 4.78 is 0. The smallest absolute Gasteiger partial charge is 0.308 e. The molecule has 7 heteroatoms. The van der Waals surface area contributed by atoms with Crippen LogP contribution in [0.15, 0.2) is 30.3 Å². The lowest BCUT2D eigenvalue weighted by molar-refractivity contribution is -0.144. The van der Waals surface area contributed by atoms with E-state index in [1.807, 2.05) is 37.3 Å². The van der Waals surface area contributed by atoms with Gasteiger partial charge in [0.15, 0.2) is 0 Å². The molecular formula is C19H22N2O4S. The van der Waals surface area contributed by atoms with Gasteiger partial charge in [-0.05, 0) is 18.9 Å². The molecule has 0 aliphatic carbocycles. The minimum atomic E-state index is -0.878. The summed E-state index contributed by atoms with van der Waals surface area (Å²) in [5, 5.41) is 9.64. The van der Waals surface area contributed by atoms with Crippen LogP contribution in [0.3, 0.4) is 0 Å². The summed E-state index contributed by atoms with van der Waals surface area (Å²) in [7, 11) is 0. The number of carboxylic acid groups (broad SMARTS) is 1. The molecule has 3 aliphatic heterocycles. The van der Waals surface area contributed by atoms with E-state index in [9.17, 15) is 19.5 Å². The van der Waals surface area contributed by atoms with Crippen LogP contribution in [0.2, 0.25) is 0 Å². The number of hydrogen-bond acceptors (Lipinski definition) is 4. The number of likely N-dealkylation sites (tertiary alicyclic amines) is 1. The molecule has 1 N–H and O–H groups in total. The molecule has 4 unspecified atom stereocenters. The van der Waals surface area contributed by atoms with Crippen LogP contribution in [0.4, 0.5) is 0 Å². The zero-order valence-corrected chi connectivity index (χ0v) is 15.4. The van der Waals surface area contributed by atoms with E-state index in [1.165, 1.54) is 0 Å². The fraction of sp³-hybridized carbons (Fsp3) is 0.526. The SMILES string of the molecule is CC12CCC(=O)N1C(C(=O)N1CC(C(=O)O)C(c3ccccc3)C1)CS2. The van der Waals surface area contributed by atoms with Crippen molar-refractivity contribution in [1.82, 2.24) is 9.80 Å². The van der Waals surface area contributed by atoms with Gasteiger partial charge in [0.05, 0.1) is 10.8 Å². The van der Waals surface area contributed by atoms with Crippen LogP contribution in [0.25, 0.3) is 0 Å². The van der Waals surface area contributed by atoms with E-state index in [2.05, 4.69) is 0 Å². The Morgan fingerprint density at radius 3 is 2.65 bits per heavy atom. The lowest BCUT2D eigenvalue weighted by Crippen LogP contribution is -2.51. The second kappa shape index (κ2) is 6.30. The van der Waals surface area contributed by atoms with Gasteiger partial charge < -0.3 is 14.9 Å². The van der Waals surface area contributed by atoms with Crippen molar-refractivity contribution >= 4 is 29.5 Å².